The summed E-state index contributed by atoms with van der Waals surface area (Å²) in [5.41, 5.74) is 0.241. The van der Waals surface area contributed by atoms with Gasteiger partial charge >= 0.3 is 0 Å². The van der Waals surface area contributed by atoms with Gasteiger partial charge in [-0.05, 0) is 47.7 Å². The Hall–Kier alpha value is -0.670. The molecule has 0 N–H and O–H groups in total. The van der Waals surface area contributed by atoms with Gasteiger partial charge in [0.2, 0.25) is 0 Å². The predicted molar refractivity (Wildman–Crippen MR) is 73.9 cm³/mol. The number of ether oxygens (including phenoxy) is 1. The predicted octanol–water partition coefficient (Wildman–Crippen LogP) is 1.47. The van der Waals surface area contributed by atoms with Gasteiger partial charge in [0.15, 0.2) is 0 Å². The summed E-state index contributed by atoms with van der Waals surface area (Å²) in [4.78, 5) is 12.2. The lowest BCUT2D eigenvalue weighted by Crippen LogP contribution is -2.36. The smallest absolute Gasteiger partial charge is 0.269 e. The first-order valence-corrected chi connectivity index (χ1v) is 7.79. The van der Waals surface area contributed by atoms with Crippen molar-refractivity contribution in [3.05, 3.63) is 27.3 Å². The van der Waals surface area contributed by atoms with Gasteiger partial charge in [-0.2, -0.15) is 0 Å². The lowest BCUT2D eigenvalue weighted by Gasteiger charge is -2.18. The number of amides is 1. The van der Waals surface area contributed by atoms with E-state index in [0.29, 0.717) is 0 Å². The molecule has 2 rings (SSSR count). The van der Waals surface area contributed by atoms with Crippen LogP contribution in [-0.4, -0.2) is 38.4 Å². The first kappa shape index (κ1) is 13.8. The summed E-state index contributed by atoms with van der Waals surface area (Å²) in [5.74, 6) is -0.479. The lowest BCUT2D eigenvalue weighted by molar-refractivity contribution is 0.0722. The molecule has 0 aliphatic carbocycles. The van der Waals surface area contributed by atoms with E-state index in [9.17, 15) is 13.2 Å². The van der Waals surface area contributed by atoms with E-state index < -0.39 is 15.9 Å². The van der Waals surface area contributed by atoms with Crippen molar-refractivity contribution in [1.29, 1.82) is 0 Å². The molecule has 1 atom stereocenters. The van der Waals surface area contributed by atoms with Crippen LogP contribution in [0.15, 0.2) is 23.1 Å². The zero-order chi connectivity index (χ0) is 13.5. The molecule has 0 aromatic heterocycles. The summed E-state index contributed by atoms with van der Waals surface area (Å²) >= 11 is 2.04. The normalized spacial score (nSPS) is 18.8. The van der Waals surface area contributed by atoms with E-state index in [1.165, 1.54) is 13.2 Å². The summed E-state index contributed by atoms with van der Waals surface area (Å²) < 4.78 is 31.1. The molecule has 5 nitrogen and oxygen atoms in total. The molecule has 0 fully saturated rings. The van der Waals surface area contributed by atoms with Crippen LogP contribution in [0.4, 0.5) is 0 Å². The highest BCUT2D eigenvalue weighted by atomic mass is 127. The van der Waals surface area contributed by atoms with Crippen molar-refractivity contribution in [2.75, 3.05) is 13.7 Å². The maximum Gasteiger partial charge on any atom is 0.269 e. The van der Waals surface area contributed by atoms with Crippen molar-refractivity contribution in [1.82, 2.24) is 4.31 Å². The zero-order valence-electron chi connectivity index (χ0n) is 9.88. The van der Waals surface area contributed by atoms with Gasteiger partial charge in [-0.15, -0.1) is 0 Å². The molecular formula is C11H12INO4S. The van der Waals surface area contributed by atoms with Crippen LogP contribution in [0.5, 0.6) is 0 Å². The minimum atomic E-state index is -3.72. The molecule has 98 valence electrons. The number of benzene rings is 1. The second-order valence-corrected chi connectivity index (χ2v) is 7.10. The Morgan fingerprint density at radius 1 is 1.44 bits per heavy atom. The number of fused-ring (bicyclic) bond motifs is 1. The van der Waals surface area contributed by atoms with Crippen LogP contribution in [0.1, 0.15) is 17.3 Å². The summed E-state index contributed by atoms with van der Waals surface area (Å²) in [5, 5.41) is 0. The summed E-state index contributed by atoms with van der Waals surface area (Å²) in [6.45, 7) is 1.75. The van der Waals surface area contributed by atoms with Crippen molar-refractivity contribution in [2.45, 2.75) is 17.9 Å². The van der Waals surface area contributed by atoms with Crippen LogP contribution >= 0.6 is 22.6 Å². The van der Waals surface area contributed by atoms with E-state index in [0.717, 1.165) is 7.88 Å². The molecule has 0 saturated heterocycles. The molecule has 1 aliphatic rings. The van der Waals surface area contributed by atoms with E-state index in [1.807, 2.05) is 22.6 Å². The molecule has 0 saturated carbocycles. The molecule has 1 heterocycles. The van der Waals surface area contributed by atoms with Gasteiger partial charge in [0.25, 0.3) is 15.9 Å². The standard InChI is InChI=1S/C11H12INO4S/c1-7(17-2)6-13-11(14)9-5-8(12)3-4-10(9)18(13,15)16/h3-5,7H,6H2,1-2H3. The van der Waals surface area contributed by atoms with Crippen molar-refractivity contribution < 1.29 is 17.9 Å². The fraction of sp³-hybridized carbons (Fsp3) is 0.364. The minimum absolute atomic E-state index is 0.0307. The third kappa shape index (κ3) is 2.14. The van der Waals surface area contributed by atoms with Gasteiger partial charge in [-0.1, -0.05) is 0 Å². The van der Waals surface area contributed by atoms with Crippen LogP contribution in [-0.2, 0) is 14.8 Å². The number of nitrogens with zero attached hydrogens (tertiary/aromatic N) is 1. The molecule has 1 amide bonds. The van der Waals surface area contributed by atoms with Crippen LogP contribution in [0.3, 0.4) is 0 Å². The Morgan fingerprint density at radius 3 is 2.72 bits per heavy atom. The largest absolute Gasteiger partial charge is 0.380 e. The second kappa shape index (κ2) is 4.78. The number of halogens is 1. The number of carbonyl (C=O) groups is 1. The average Bonchev–Trinajstić information content (AvgIpc) is 2.50. The number of sulfonamides is 1. The fourth-order valence-corrected chi connectivity index (χ4v) is 3.86. The number of carbonyl (C=O) groups excluding carboxylic acids is 1. The fourth-order valence-electron chi connectivity index (χ4n) is 1.75. The van der Waals surface area contributed by atoms with Crippen molar-refractivity contribution in [3.8, 4) is 0 Å². The third-order valence-corrected chi connectivity index (χ3v) is 5.27. The Morgan fingerprint density at radius 2 is 2.11 bits per heavy atom. The van der Waals surface area contributed by atoms with E-state index in [2.05, 4.69) is 0 Å². The highest BCUT2D eigenvalue weighted by molar-refractivity contribution is 14.1. The quantitative estimate of drug-likeness (QED) is 0.744. The van der Waals surface area contributed by atoms with Crippen molar-refractivity contribution in [2.24, 2.45) is 0 Å². The molecule has 0 spiro atoms. The zero-order valence-corrected chi connectivity index (χ0v) is 12.9. The molecule has 1 aromatic carbocycles. The highest BCUT2D eigenvalue weighted by Gasteiger charge is 2.41. The van der Waals surface area contributed by atoms with Gasteiger partial charge in [-0.25, -0.2) is 12.7 Å². The van der Waals surface area contributed by atoms with Crippen molar-refractivity contribution >= 4 is 38.5 Å². The second-order valence-electron chi connectivity index (χ2n) is 4.03. The number of rotatable bonds is 3. The van der Waals surface area contributed by atoms with E-state index >= 15 is 0 Å². The van der Waals surface area contributed by atoms with E-state index in [1.54, 1.807) is 19.1 Å². The van der Waals surface area contributed by atoms with Gasteiger partial charge in [0, 0.05) is 10.7 Å². The maximum atomic E-state index is 12.2. The SMILES string of the molecule is COC(C)CN1C(=O)c2cc(I)ccc2S1(=O)=O. The number of methoxy groups -OCH3 is 1. The molecule has 18 heavy (non-hydrogen) atoms. The molecule has 7 heteroatoms. The summed E-state index contributed by atoms with van der Waals surface area (Å²) in [6.07, 6.45) is -0.336. The van der Waals surface area contributed by atoms with Gasteiger partial charge < -0.3 is 4.74 Å². The van der Waals surface area contributed by atoms with E-state index in [4.69, 9.17) is 4.74 Å². The number of hydrogen-bond donors (Lipinski definition) is 0. The molecular weight excluding hydrogens is 369 g/mol. The Bertz CT molecular complexity index is 599. The summed E-state index contributed by atoms with van der Waals surface area (Å²) in [6, 6.07) is 4.74. The van der Waals surface area contributed by atoms with Crippen LogP contribution in [0, 0.1) is 3.57 Å². The van der Waals surface area contributed by atoms with E-state index in [-0.39, 0.29) is 23.1 Å². The maximum absolute atomic E-state index is 12.2. The molecule has 0 bridgehead atoms. The van der Waals surface area contributed by atoms with Crippen molar-refractivity contribution in [3.63, 3.8) is 0 Å². The minimum Gasteiger partial charge on any atom is -0.380 e. The Balaban J connectivity index is 2.48. The van der Waals surface area contributed by atoms with Gasteiger partial charge in [0.1, 0.15) is 4.90 Å². The monoisotopic (exact) mass is 381 g/mol. The van der Waals surface area contributed by atoms with Crippen LogP contribution < -0.4 is 0 Å². The molecule has 1 unspecified atom stereocenters. The van der Waals surface area contributed by atoms with Gasteiger partial charge in [-0.3, -0.25) is 4.79 Å². The topological polar surface area (TPSA) is 63.7 Å². The Labute approximate surface area is 119 Å². The average molecular weight is 381 g/mol. The molecule has 1 aromatic rings. The van der Waals surface area contributed by atoms with Gasteiger partial charge in [0.05, 0.1) is 18.2 Å². The highest BCUT2D eigenvalue weighted by Crippen LogP contribution is 2.31. The van der Waals surface area contributed by atoms with Crippen LogP contribution in [0.25, 0.3) is 0 Å². The molecule has 0 radical (unpaired) electrons. The summed E-state index contributed by atoms with van der Waals surface area (Å²) in [7, 11) is -2.24. The lowest BCUT2D eigenvalue weighted by atomic mass is 10.2. The third-order valence-electron chi connectivity index (χ3n) is 2.79. The number of hydrogen-bond acceptors (Lipinski definition) is 4. The molecule has 1 aliphatic heterocycles. The van der Waals surface area contributed by atoms with Crippen LogP contribution in [0.2, 0.25) is 0 Å². The first-order valence-electron chi connectivity index (χ1n) is 5.27. The Kier molecular flexibility index (Phi) is 3.65. The first-order chi connectivity index (χ1) is 8.37.